The van der Waals surface area contributed by atoms with Gasteiger partial charge in [-0.3, -0.25) is 0 Å². The molecule has 1 aromatic rings. The summed E-state index contributed by atoms with van der Waals surface area (Å²) < 4.78 is 6.07. The normalized spacial score (nSPS) is 18.6. The Labute approximate surface area is 104 Å². The lowest BCUT2D eigenvalue weighted by Gasteiger charge is -2.22. The highest BCUT2D eigenvalue weighted by Gasteiger charge is 2.17. The third-order valence-electron chi connectivity index (χ3n) is 3.28. The first-order chi connectivity index (χ1) is 8.35. The number of benzene rings is 1. The van der Waals surface area contributed by atoms with Gasteiger partial charge >= 0.3 is 0 Å². The highest BCUT2D eigenvalue weighted by Crippen LogP contribution is 2.32. The van der Waals surface area contributed by atoms with Crippen LogP contribution in [0, 0.1) is 0 Å². The fourth-order valence-electron chi connectivity index (χ4n) is 2.30. The Morgan fingerprint density at radius 1 is 1.18 bits per heavy atom. The third kappa shape index (κ3) is 2.79. The molecule has 1 aliphatic rings. The van der Waals surface area contributed by atoms with Crippen LogP contribution in [0.15, 0.2) is 53.3 Å². The topological polar surface area (TPSA) is 9.23 Å². The van der Waals surface area contributed by atoms with Crippen molar-refractivity contribution in [3.63, 3.8) is 0 Å². The standard InChI is InChI=1S/C16H20O/c1-3-13-9-8-10-14(4-2)16(13)17-15-11-6-5-7-12-15/h3,5-7,11-12H,4,8-10H2,1-2H3/b13-3+. The molecule has 0 aromatic heterocycles. The Balaban J connectivity index is 2.29. The van der Waals surface area contributed by atoms with Crippen molar-refractivity contribution in [1.82, 2.24) is 0 Å². The first-order valence-corrected chi connectivity index (χ1v) is 6.45. The highest BCUT2D eigenvalue weighted by molar-refractivity contribution is 5.37. The molecule has 0 aliphatic heterocycles. The van der Waals surface area contributed by atoms with Crippen LogP contribution in [0.1, 0.15) is 39.5 Å². The van der Waals surface area contributed by atoms with E-state index in [1.165, 1.54) is 24.0 Å². The summed E-state index contributed by atoms with van der Waals surface area (Å²) in [6.07, 6.45) is 6.84. The minimum absolute atomic E-state index is 0.940. The van der Waals surface area contributed by atoms with Gasteiger partial charge in [-0.15, -0.1) is 0 Å². The monoisotopic (exact) mass is 228 g/mol. The zero-order valence-corrected chi connectivity index (χ0v) is 10.7. The van der Waals surface area contributed by atoms with Crippen molar-refractivity contribution < 1.29 is 4.74 Å². The van der Waals surface area contributed by atoms with E-state index in [2.05, 4.69) is 19.9 Å². The first kappa shape index (κ1) is 12.0. The Hall–Kier alpha value is -1.50. The quantitative estimate of drug-likeness (QED) is 0.718. The molecule has 17 heavy (non-hydrogen) atoms. The molecular formula is C16H20O. The molecule has 0 amide bonds. The second kappa shape index (κ2) is 5.72. The van der Waals surface area contributed by atoms with Crippen LogP contribution >= 0.6 is 0 Å². The minimum Gasteiger partial charge on any atom is -0.457 e. The summed E-state index contributed by atoms with van der Waals surface area (Å²) in [5, 5.41) is 0. The van der Waals surface area contributed by atoms with Crippen LogP contribution in [-0.4, -0.2) is 0 Å². The van der Waals surface area contributed by atoms with Gasteiger partial charge in [0.1, 0.15) is 11.5 Å². The summed E-state index contributed by atoms with van der Waals surface area (Å²) in [6, 6.07) is 10.1. The molecule has 1 aliphatic carbocycles. The predicted molar refractivity (Wildman–Crippen MR) is 72.0 cm³/mol. The molecule has 0 spiro atoms. The highest BCUT2D eigenvalue weighted by atomic mass is 16.5. The van der Waals surface area contributed by atoms with Gasteiger partial charge in [0.15, 0.2) is 0 Å². The van der Waals surface area contributed by atoms with Crippen molar-refractivity contribution in [3.05, 3.63) is 53.3 Å². The van der Waals surface area contributed by atoms with Crippen LogP contribution in [0.3, 0.4) is 0 Å². The van der Waals surface area contributed by atoms with E-state index < -0.39 is 0 Å². The van der Waals surface area contributed by atoms with Crippen molar-refractivity contribution in [1.29, 1.82) is 0 Å². The van der Waals surface area contributed by atoms with E-state index >= 15 is 0 Å². The molecule has 0 N–H and O–H groups in total. The molecule has 0 atom stereocenters. The van der Waals surface area contributed by atoms with Gasteiger partial charge in [-0.25, -0.2) is 0 Å². The minimum atomic E-state index is 0.940. The predicted octanol–water partition coefficient (Wildman–Crippen LogP) is 4.86. The molecule has 1 aromatic carbocycles. The largest absolute Gasteiger partial charge is 0.457 e. The van der Waals surface area contributed by atoms with Gasteiger partial charge in [0, 0.05) is 0 Å². The van der Waals surface area contributed by atoms with Gasteiger partial charge in [-0.1, -0.05) is 31.2 Å². The second-order valence-corrected chi connectivity index (χ2v) is 4.37. The Morgan fingerprint density at radius 3 is 2.59 bits per heavy atom. The molecule has 0 heterocycles. The van der Waals surface area contributed by atoms with Crippen LogP contribution in [0.25, 0.3) is 0 Å². The van der Waals surface area contributed by atoms with E-state index in [9.17, 15) is 0 Å². The van der Waals surface area contributed by atoms with Crippen LogP contribution in [-0.2, 0) is 0 Å². The number of allylic oxidation sites excluding steroid dienone is 3. The molecule has 0 unspecified atom stereocenters. The number of hydrogen-bond acceptors (Lipinski definition) is 1. The summed E-state index contributed by atoms with van der Waals surface area (Å²) in [5.74, 6) is 2.06. The molecule has 0 radical (unpaired) electrons. The zero-order valence-electron chi connectivity index (χ0n) is 10.7. The molecule has 0 saturated carbocycles. The van der Waals surface area contributed by atoms with Crippen LogP contribution in [0.5, 0.6) is 5.75 Å². The molecule has 0 saturated heterocycles. The van der Waals surface area contributed by atoms with Crippen LogP contribution in [0.2, 0.25) is 0 Å². The van der Waals surface area contributed by atoms with E-state index in [1.54, 1.807) is 0 Å². The molecule has 0 fully saturated rings. The molecule has 0 bridgehead atoms. The Kier molecular flexibility index (Phi) is 4.03. The molecule has 1 heteroatoms. The van der Waals surface area contributed by atoms with Crippen molar-refractivity contribution in [2.75, 3.05) is 0 Å². The van der Waals surface area contributed by atoms with Gasteiger partial charge in [-0.05, 0) is 55.9 Å². The summed E-state index contributed by atoms with van der Waals surface area (Å²) in [7, 11) is 0. The summed E-state index contributed by atoms with van der Waals surface area (Å²) in [5.41, 5.74) is 2.81. The maximum atomic E-state index is 6.07. The molecule has 1 nitrogen and oxygen atoms in total. The SMILES string of the molecule is C/C=C1\CCCC(CC)=C1Oc1ccccc1. The van der Waals surface area contributed by atoms with E-state index in [0.29, 0.717) is 0 Å². The lowest BCUT2D eigenvalue weighted by molar-refractivity contribution is 0.409. The van der Waals surface area contributed by atoms with Crippen molar-refractivity contribution in [2.24, 2.45) is 0 Å². The summed E-state index contributed by atoms with van der Waals surface area (Å²) in [4.78, 5) is 0. The van der Waals surface area contributed by atoms with E-state index in [1.807, 2.05) is 30.3 Å². The average molecular weight is 228 g/mol. The lowest BCUT2D eigenvalue weighted by Crippen LogP contribution is -2.08. The van der Waals surface area contributed by atoms with E-state index in [0.717, 1.165) is 24.4 Å². The number of hydrogen-bond donors (Lipinski definition) is 0. The average Bonchev–Trinajstić information content (AvgIpc) is 2.40. The van der Waals surface area contributed by atoms with Gasteiger partial charge < -0.3 is 4.74 Å². The van der Waals surface area contributed by atoms with E-state index in [4.69, 9.17) is 4.74 Å². The maximum Gasteiger partial charge on any atom is 0.129 e. The van der Waals surface area contributed by atoms with Crippen LogP contribution < -0.4 is 4.74 Å². The summed E-state index contributed by atoms with van der Waals surface area (Å²) >= 11 is 0. The maximum absolute atomic E-state index is 6.07. The molecule has 90 valence electrons. The third-order valence-corrected chi connectivity index (χ3v) is 3.28. The fourth-order valence-corrected chi connectivity index (χ4v) is 2.30. The Morgan fingerprint density at radius 2 is 1.94 bits per heavy atom. The Bertz CT molecular complexity index is 426. The number of para-hydroxylation sites is 1. The van der Waals surface area contributed by atoms with Gasteiger partial charge in [0.05, 0.1) is 0 Å². The summed E-state index contributed by atoms with van der Waals surface area (Å²) in [6.45, 7) is 4.31. The number of ether oxygens (including phenoxy) is 1. The van der Waals surface area contributed by atoms with E-state index in [-0.39, 0.29) is 0 Å². The van der Waals surface area contributed by atoms with Gasteiger partial charge in [0.2, 0.25) is 0 Å². The zero-order chi connectivity index (χ0) is 12.1. The lowest BCUT2D eigenvalue weighted by atomic mass is 9.91. The van der Waals surface area contributed by atoms with Gasteiger partial charge in [0.25, 0.3) is 0 Å². The first-order valence-electron chi connectivity index (χ1n) is 6.45. The molecular weight excluding hydrogens is 208 g/mol. The van der Waals surface area contributed by atoms with Crippen LogP contribution in [0.4, 0.5) is 0 Å². The number of rotatable bonds is 3. The second-order valence-electron chi connectivity index (χ2n) is 4.37. The smallest absolute Gasteiger partial charge is 0.129 e. The van der Waals surface area contributed by atoms with Gasteiger partial charge in [-0.2, -0.15) is 0 Å². The van der Waals surface area contributed by atoms with Crippen molar-refractivity contribution in [2.45, 2.75) is 39.5 Å². The van der Waals surface area contributed by atoms with Crippen molar-refractivity contribution >= 4 is 0 Å². The molecule has 2 rings (SSSR count). The fraction of sp³-hybridized carbons (Fsp3) is 0.375. The van der Waals surface area contributed by atoms with Crippen molar-refractivity contribution in [3.8, 4) is 5.75 Å².